The van der Waals surface area contributed by atoms with E-state index in [0.29, 0.717) is 5.75 Å². The summed E-state index contributed by atoms with van der Waals surface area (Å²) in [6, 6.07) is 21.2. The third kappa shape index (κ3) is 2.47. The summed E-state index contributed by atoms with van der Waals surface area (Å²) in [5.74, 6) is -2.57. The SMILES string of the molecule is COC(=O)C1(O)C=C(c2ccccc2)c2ccc3ccccc3c2O1. The number of aliphatic hydroxyl groups is 1. The third-order valence-corrected chi connectivity index (χ3v) is 4.33. The van der Waals surface area contributed by atoms with Gasteiger partial charge in [-0.1, -0.05) is 60.7 Å². The average Bonchev–Trinajstić information content (AvgIpc) is 2.67. The Labute approximate surface area is 144 Å². The van der Waals surface area contributed by atoms with Crippen LogP contribution in [0.2, 0.25) is 0 Å². The molecule has 0 bridgehead atoms. The number of hydrogen-bond acceptors (Lipinski definition) is 4. The first-order valence-corrected chi connectivity index (χ1v) is 7.92. The Bertz CT molecular complexity index is 991. The second kappa shape index (κ2) is 5.76. The lowest BCUT2D eigenvalue weighted by molar-refractivity contribution is -0.183. The lowest BCUT2D eigenvalue weighted by Gasteiger charge is -2.31. The molecule has 1 heterocycles. The Morgan fingerprint density at radius 1 is 1.00 bits per heavy atom. The number of rotatable bonds is 2. The van der Waals surface area contributed by atoms with E-state index in [1.54, 1.807) is 0 Å². The van der Waals surface area contributed by atoms with E-state index in [2.05, 4.69) is 0 Å². The standard InChI is InChI=1S/C21H16O4/c1-24-20(22)21(23)13-18(14-7-3-2-4-8-14)17-12-11-15-9-5-6-10-16(15)19(17)25-21/h2-13,23H,1H3. The molecule has 4 heteroatoms. The summed E-state index contributed by atoms with van der Waals surface area (Å²) in [5.41, 5.74) is 2.42. The number of carbonyl (C=O) groups is 1. The monoisotopic (exact) mass is 332 g/mol. The van der Waals surface area contributed by atoms with E-state index in [9.17, 15) is 9.90 Å². The van der Waals surface area contributed by atoms with Crippen LogP contribution in [0.15, 0.2) is 72.8 Å². The van der Waals surface area contributed by atoms with Crippen molar-refractivity contribution in [1.29, 1.82) is 0 Å². The van der Waals surface area contributed by atoms with Crippen LogP contribution in [0.3, 0.4) is 0 Å². The number of esters is 1. The summed E-state index contributed by atoms with van der Waals surface area (Å²) in [4.78, 5) is 12.2. The van der Waals surface area contributed by atoms with E-state index < -0.39 is 11.8 Å². The van der Waals surface area contributed by atoms with Crippen molar-refractivity contribution in [3.63, 3.8) is 0 Å². The van der Waals surface area contributed by atoms with E-state index in [1.807, 2.05) is 66.7 Å². The molecule has 0 saturated heterocycles. The van der Waals surface area contributed by atoms with Crippen LogP contribution >= 0.6 is 0 Å². The van der Waals surface area contributed by atoms with Crippen molar-refractivity contribution in [1.82, 2.24) is 0 Å². The van der Waals surface area contributed by atoms with Crippen molar-refractivity contribution in [3.05, 3.63) is 83.9 Å². The molecule has 0 aliphatic carbocycles. The minimum absolute atomic E-state index is 0.465. The van der Waals surface area contributed by atoms with Crippen molar-refractivity contribution in [2.75, 3.05) is 7.11 Å². The second-order valence-corrected chi connectivity index (χ2v) is 5.88. The number of carbonyl (C=O) groups excluding carboxylic acids is 1. The Morgan fingerprint density at radius 3 is 2.48 bits per heavy atom. The van der Waals surface area contributed by atoms with Crippen LogP contribution in [-0.2, 0) is 9.53 Å². The van der Waals surface area contributed by atoms with Crippen LogP contribution in [0.1, 0.15) is 11.1 Å². The Balaban J connectivity index is 2.02. The van der Waals surface area contributed by atoms with E-state index in [1.165, 1.54) is 13.2 Å². The van der Waals surface area contributed by atoms with Crippen molar-refractivity contribution in [3.8, 4) is 5.75 Å². The molecule has 4 nitrogen and oxygen atoms in total. The Kier molecular flexibility index (Phi) is 3.55. The van der Waals surface area contributed by atoms with Gasteiger partial charge < -0.3 is 14.6 Å². The lowest BCUT2D eigenvalue weighted by Crippen LogP contribution is -2.45. The lowest BCUT2D eigenvalue weighted by atomic mass is 9.90. The van der Waals surface area contributed by atoms with Crippen molar-refractivity contribution in [2.45, 2.75) is 5.79 Å². The van der Waals surface area contributed by atoms with Crippen molar-refractivity contribution in [2.24, 2.45) is 0 Å². The molecular weight excluding hydrogens is 316 g/mol. The smallest absolute Gasteiger partial charge is 0.383 e. The number of ether oxygens (including phenoxy) is 2. The van der Waals surface area contributed by atoms with Gasteiger partial charge in [0.1, 0.15) is 5.75 Å². The molecule has 1 N–H and O–H groups in total. The molecule has 0 aromatic heterocycles. The van der Waals surface area contributed by atoms with Crippen molar-refractivity contribution >= 4 is 22.3 Å². The van der Waals surface area contributed by atoms with Gasteiger partial charge in [-0.3, -0.25) is 0 Å². The maximum absolute atomic E-state index is 12.2. The highest BCUT2D eigenvalue weighted by Gasteiger charge is 2.43. The number of hydrogen-bond donors (Lipinski definition) is 1. The van der Waals surface area contributed by atoms with Crippen LogP contribution < -0.4 is 4.74 Å². The summed E-state index contributed by atoms with van der Waals surface area (Å²) in [5, 5.41) is 12.6. The van der Waals surface area contributed by atoms with E-state index >= 15 is 0 Å². The zero-order chi connectivity index (χ0) is 17.4. The first-order chi connectivity index (χ1) is 12.1. The van der Waals surface area contributed by atoms with Gasteiger partial charge in [-0.15, -0.1) is 0 Å². The third-order valence-electron chi connectivity index (χ3n) is 4.33. The molecule has 1 atom stereocenters. The minimum atomic E-state index is -2.17. The summed E-state index contributed by atoms with van der Waals surface area (Å²) < 4.78 is 10.5. The van der Waals surface area contributed by atoms with Crippen LogP contribution in [0, 0.1) is 0 Å². The van der Waals surface area contributed by atoms with Gasteiger partial charge in [0.2, 0.25) is 0 Å². The number of benzene rings is 3. The largest absolute Gasteiger partial charge is 0.464 e. The quantitative estimate of drug-likeness (QED) is 0.730. The van der Waals surface area contributed by atoms with Gasteiger partial charge in [0.15, 0.2) is 0 Å². The van der Waals surface area contributed by atoms with Crippen LogP contribution in [0.5, 0.6) is 5.75 Å². The molecule has 1 aliphatic rings. The van der Waals surface area contributed by atoms with Crippen LogP contribution in [-0.4, -0.2) is 24.0 Å². The highest BCUT2D eigenvalue weighted by molar-refractivity contribution is 5.99. The fraction of sp³-hybridized carbons (Fsp3) is 0.0952. The molecule has 3 aromatic carbocycles. The molecule has 1 aliphatic heterocycles. The zero-order valence-corrected chi connectivity index (χ0v) is 13.6. The van der Waals surface area contributed by atoms with Crippen molar-refractivity contribution < 1.29 is 19.4 Å². The van der Waals surface area contributed by atoms with E-state index in [0.717, 1.165) is 27.5 Å². The molecule has 0 saturated carbocycles. The first-order valence-electron chi connectivity index (χ1n) is 7.92. The topological polar surface area (TPSA) is 55.8 Å². The molecule has 4 rings (SSSR count). The summed E-state index contributed by atoms with van der Waals surface area (Å²) in [7, 11) is 1.22. The van der Waals surface area contributed by atoms with E-state index in [-0.39, 0.29) is 0 Å². The second-order valence-electron chi connectivity index (χ2n) is 5.88. The Morgan fingerprint density at radius 2 is 1.72 bits per heavy atom. The molecule has 25 heavy (non-hydrogen) atoms. The summed E-state index contributed by atoms with van der Waals surface area (Å²) in [6.07, 6.45) is 1.41. The molecule has 124 valence electrons. The van der Waals surface area contributed by atoms with Gasteiger partial charge in [-0.05, 0) is 22.6 Å². The fourth-order valence-corrected chi connectivity index (χ4v) is 3.13. The predicted octanol–water partition coefficient (Wildman–Crippen LogP) is 3.53. The van der Waals surface area contributed by atoms with Gasteiger partial charge in [0, 0.05) is 17.0 Å². The fourth-order valence-electron chi connectivity index (χ4n) is 3.13. The molecule has 0 amide bonds. The van der Waals surface area contributed by atoms with Gasteiger partial charge in [0.25, 0.3) is 0 Å². The molecule has 0 radical (unpaired) electrons. The number of methoxy groups -OCH3 is 1. The van der Waals surface area contributed by atoms with Gasteiger partial charge >= 0.3 is 11.8 Å². The van der Waals surface area contributed by atoms with Gasteiger partial charge in [-0.25, -0.2) is 4.79 Å². The van der Waals surface area contributed by atoms with Crippen LogP contribution in [0.25, 0.3) is 16.3 Å². The maximum atomic E-state index is 12.2. The molecular formula is C21H16O4. The summed E-state index contributed by atoms with van der Waals surface area (Å²) in [6.45, 7) is 0. The predicted molar refractivity (Wildman–Crippen MR) is 95.1 cm³/mol. The zero-order valence-electron chi connectivity index (χ0n) is 13.6. The molecule has 0 fully saturated rings. The molecule has 3 aromatic rings. The highest BCUT2D eigenvalue weighted by Crippen LogP contribution is 2.43. The molecule has 1 unspecified atom stereocenters. The average molecular weight is 332 g/mol. The van der Waals surface area contributed by atoms with Gasteiger partial charge in [0.05, 0.1) is 7.11 Å². The number of fused-ring (bicyclic) bond motifs is 3. The van der Waals surface area contributed by atoms with E-state index in [4.69, 9.17) is 9.47 Å². The molecule has 0 spiro atoms. The maximum Gasteiger partial charge on any atom is 0.383 e. The highest BCUT2D eigenvalue weighted by atomic mass is 16.7. The first kappa shape index (κ1) is 15.4. The van der Waals surface area contributed by atoms with Crippen LogP contribution in [0.4, 0.5) is 0 Å². The normalized spacial score (nSPS) is 18.9. The Hall–Kier alpha value is -3.11. The van der Waals surface area contributed by atoms with Gasteiger partial charge in [-0.2, -0.15) is 0 Å². The summed E-state index contributed by atoms with van der Waals surface area (Å²) >= 11 is 0. The minimum Gasteiger partial charge on any atom is -0.464 e.